The average Bonchev–Trinajstić information content (AvgIpc) is 2.74. The highest BCUT2D eigenvalue weighted by Gasteiger charge is 2.28. The Morgan fingerprint density at radius 3 is 2.66 bits per heavy atom. The van der Waals surface area contributed by atoms with Gasteiger partial charge >= 0.3 is 0 Å². The van der Waals surface area contributed by atoms with Gasteiger partial charge in [-0.25, -0.2) is 4.39 Å². The van der Waals surface area contributed by atoms with Gasteiger partial charge in [-0.1, -0.05) is 37.3 Å². The second kappa shape index (κ2) is 9.74. The number of nitrogens with one attached hydrogen (secondary N) is 1. The molecule has 1 saturated heterocycles. The van der Waals surface area contributed by atoms with Gasteiger partial charge in [0.15, 0.2) is 5.96 Å². The zero-order valence-electron chi connectivity index (χ0n) is 17.6. The lowest BCUT2D eigenvalue weighted by Crippen LogP contribution is -2.51. The summed E-state index contributed by atoms with van der Waals surface area (Å²) < 4.78 is 24.9. The first-order valence-electron chi connectivity index (χ1n) is 10.0. The Morgan fingerprint density at radius 1 is 1.24 bits per heavy atom. The van der Waals surface area contributed by atoms with Crippen molar-refractivity contribution in [2.45, 2.75) is 32.0 Å². The standard InChI is InChI=1S/C23H30FN3O2/c1-16(20-7-5-6-8-21(20)28-4)13-26-23(25-3)27-14-17(2)29-22(15-27)18-9-11-19(24)12-10-18/h5-12,16-17,22H,13-15H2,1-4H3,(H,25,26). The van der Waals surface area contributed by atoms with Gasteiger partial charge in [-0.05, 0) is 36.2 Å². The van der Waals surface area contributed by atoms with Crippen LogP contribution in [0.15, 0.2) is 53.5 Å². The number of aliphatic imine (C=N–C) groups is 1. The van der Waals surface area contributed by atoms with Gasteiger partial charge in [-0.15, -0.1) is 0 Å². The Kier molecular flexibility index (Phi) is 7.09. The van der Waals surface area contributed by atoms with Crippen molar-refractivity contribution >= 4 is 5.96 Å². The fourth-order valence-corrected chi connectivity index (χ4v) is 3.75. The third kappa shape index (κ3) is 5.26. The van der Waals surface area contributed by atoms with Crippen molar-refractivity contribution in [3.63, 3.8) is 0 Å². The van der Waals surface area contributed by atoms with E-state index in [2.05, 4.69) is 28.2 Å². The second-order valence-electron chi connectivity index (χ2n) is 7.46. The normalized spacial score (nSPS) is 21.0. The van der Waals surface area contributed by atoms with Crippen molar-refractivity contribution in [3.8, 4) is 5.75 Å². The summed E-state index contributed by atoms with van der Waals surface area (Å²) in [4.78, 5) is 6.69. The highest BCUT2D eigenvalue weighted by molar-refractivity contribution is 5.80. The summed E-state index contributed by atoms with van der Waals surface area (Å²) in [5.74, 6) is 1.76. The molecule has 0 aromatic heterocycles. The molecule has 156 valence electrons. The lowest BCUT2D eigenvalue weighted by Gasteiger charge is -2.39. The Labute approximate surface area is 172 Å². The molecule has 3 unspecified atom stereocenters. The number of methoxy groups -OCH3 is 1. The number of rotatable bonds is 5. The van der Waals surface area contributed by atoms with Crippen molar-refractivity contribution in [1.82, 2.24) is 10.2 Å². The fourth-order valence-electron chi connectivity index (χ4n) is 3.75. The number of morpholine rings is 1. The van der Waals surface area contributed by atoms with Crippen LogP contribution in [-0.2, 0) is 4.74 Å². The topological polar surface area (TPSA) is 46.1 Å². The molecule has 0 bridgehead atoms. The number of benzene rings is 2. The van der Waals surface area contributed by atoms with E-state index in [4.69, 9.17) is 9.47 Å². The summed E-state index contributed by atoms with van der Waals surface area (Å²) in [6.07, 6.45) is -0.0754. The molecule has 2 aromatic carbocycles. The molecule has 1 aliphatic rings. The van der Waals surface area contributed by atoms with Crippen LogP contribution in [-0.4, -0.2) is 50.8 Å². The number of para-hydroxylation sites is 1. The maximum Gasteiger partial charge on any atom is 0.193 e. The maximum atomic E-state index is 13.3. The Balaban J connectivity index is 1.66. The number of ether oxygens (including phenoxy) is 2. The molecule has 3 rings (SSSR count). The zero-order valence-corrected chi connectivity index (χ0v) is 17.6. The summed E-state index contributed by atoms with van der Waals surface area (Å²) in [7, 11) is 3.49. The van der Waals surface area contributed by atoms with Gasteiger partial charge in [-0.3, -0.25) is 4.99 Å². The lowest BCUT2D eigenvalue weighted by molar-refractivity contribution is -0.0605. The van der Waals surface area contributed by atoms with Crippen LogP contribution in [0.1, 0.15) is 37.0 Å². The van der Waals surface area contributed by atoms with Crippen molar-refractivity contribution in [2.24, 2.45) is 4.99 Å². The number of hydrogen-bond acceptors (Lipinski definition) is 3. The van der Waals surface area contributed by atoms with Crippen LogP contribution in [0, 0.1) is 5.82 Å². The minimum absolute atomic E-state index is 0.0454. The Morgan fingerprint density at radius 2 is 1.97 bits per heavy atom. The molecule has 0 radical (unpaired) electrons. The zero-order chi connectivity index (χ0) is 20.8. The van der Waals surface area contributed by atoms with Gasteiger partial charge in [0.2, 0.25) is 0 Å². The molecule has 0 amide bonds. The molecule has 5 nitrogen and oxygen atoms in total. The molecular weight excluding hydrogens is 369 g/mol. The largest absolute Gasteiger partial charge is 0.496 e. The maximum absolute atomic E-state index is 13.3. The van der Waals surface area contributed by atoms with E-state index < -0.39 is 0 Å². The van der Waals surface area contributed by atoms with Gasteiger partial charge in [0, 0.05) is 26.1 Å². The molecule has 6 heteroatoms. The molecule has 29 heavy (non-hydrogen) atoms. The van der Waals surface area contributed by atoms with Crippen molar-refractivity contribution in [2.75, 3.05) is 33.8 Å². The summed E-state index contributed by atoms with van der Waals surface area (Å²) >= 11 is 0. The molecule has 1 heterocycles. The minimum Gasteiger partial charge on any atom is -0.496 e. The molecule has 2 aromatic rings. The monoisotopic (exact) mass is 399 g/mol. The van der Waals surface area contributed by atoms with Crippen LogP contribution >= 0.6 is 0 Å². The van der Waals surface area contributed by atoms with Crippen molar-refractivity contribution < 1.29 is 13.9 Å². The first-order chi connectivity index (χ1) is 14.0. The van der Waals surface area contributed by atoms with E-state index in [-0.39, 0.29) is 23.9 Å². The van der Waals surface area contributed by atoms with Crippen LogP contribution in [0.3, 0.4) is 0 Å². The first kappa shape index (κ1) is 21.1. The predicted molar refractivity (Wildman–Crippen MR) is 114 cm³/mol. The number of guanidine groups is 1. The van der Waals surface area contributed by atoms with Crippen LogP contribution in [0.4, 0.5) is 4.39 Å². The van der Waals surface area contributed by atoms with Crippen LogP contribution in [0.25, 0.3) is 0 Å². The van der Waals surface area contributed by atoms with E-state index in [0.717, 1.165) is 35.9 Å². The van der Waals surface area contributed by atoms with E-state index in [0.29, 0.717) is 6.54 Å². The third-order valence-electron chi connectivity index (χ3n) is 5.25. The highest BCUT2D eigenvalue weighted by Crippen LogP contribution is 2.27. The van der Waals surface area contributed by atoms with Crippen molar-refractivity contribution in [1.29, 1.82) is 0 Å². The first-order valence-corrected chi connectivity index (χ1v) is 10.0. The van der Waals surface area contributed by atoms with E-state index in [1.54, 1.807) is 26.3 Å². The van der Waals surface area contributed by atoms with E-state index in [9.17, 15) is 4.39 Å². The SMILES string of the molecule is CN=C(NCC(C)c1ccccc1OC)N1CC(C)OC(c2ccc(F)cc2)C1. The van der Waals surface area contributed by atoms with Crippen LogP contribution < -0.4 is 10.1 Å². The Hall–Kier alpha value is -2.60. The number of hydrogen-bond donors (Lipinski definition) is 1. The summed E-state index contributed by atoms with van der Waals surface area (Å²) in [6, 6.07) is 14.6. The highest BCUT2D eigenvalue weighted by atomic mass is 19.1. The van der Waals surface area contributed by atoms with E-state index >= 15 is 0 Å². The van der Waals surface area contributed by atoms with Gasteiger partial charge in [-0.2, -0.15) is 0 Å². The predicted octanol–water partition coefficient (Wildman–Crippen LogP) is 3.98. The Bertz CT molecular complexity index is 825. The summed E-state index contributed by atoms with van der Waals surface area (Å²) in [5.41, 5.74) is 2.14. The summed E-state index contributed by atoms with van der Waals surface area (Å²) in [6.45, 7) is 6.37. The van der Waals surface area contributed by atoms with Gasteiger partial charge < -0.3 is 19.7 Å². The van der Waals surface area contributed by atoms with Gasteiger partial charge in [0.05, 0.1) is 19.8 Å². The van der Waals surface area contributed by atoms with Gasteiger partial charge in [0.1, 0.15) is 17.7 Å². The van der Waals surface area contributed by atoms with Crippen LogP contribution in [0.2, 0.25) is 0 Å². The minimum atomic E-state index is -0.239. The summed E-state index contributed by atoms with van der Waals surface area (Å²) in [5, 5.41) is 3.50. The quantitative estimate of drug-likeness (QED) is 0.610. The molecule has 1 N–H and O–H groups in total. The molecule has 3 atom stereocenters. The molecule has 0 spiro atoms. The fraction of sp³-hybridized carbons (Fsp3) is 0.435. The lowest BCUT2D eigenvalue weighted by atomic mass is 10.00. The molecule has 0 saturated carbocycles. The molecule has 0 aliphatic carbocycles. The van der Waals surface area contributed by atoms with E-state index in [1.165, 1.54) is 12.1 Å². The number of halogens is 1. The smallest absolute Gasteiger partial charge is 0.193 e. The van der Waals surface area contributed by atoms with Gasteiger partial charge in [0.25, 0.3) is 0 Å². The molecular formula is C23H30FN3O2. The number of nitrogens with zero attached hydrogens (tertiary/aromatic N) is 2. The van der Waals surface area contributed by atoms with E-state index in [1.807, 2.05) is 25.1 Å². The third-order valence-corrected chi connectivity index (χ3v) is 5.25. The average molecular weight is 400 g/mol. The molecule has 1 fully saturated rings. The van der Waals surface area contributed by atoms with Crippen molar-refractivity contribution in [3.05, 3.63) is 65.5 Å². The second-order valence-corrected chi connectivity index (χ2v) is 7.46. The van der Waals surface area contributed by atoms with Crippen LogP contribution in [0.5, 0.6) is 5.75 Å². The molecule has 1 aliphatic heterocycles.